The first kappa shape index (κ1) is 51.4. The van der Waals surface area contributed by atoms with Crippen LogP contribution in [-0.2, 0) is 40.5 Å². The van der Waals surface area contributed by atoms with Crippen molar-refractivity contribution in [3.63, 3.8) is 0 Å². The van der Waals surface area contributed by atoms with Gasteiger partial charge in [-0.15, -0.1) is 21.2 Å². The third-order valence-electron chi connectivity index (χ3n) is 6.77. The van der Waals surface area contributed by atoms with E-state index in [0.717, 1.165) is 0 Å². The zero-order valence-corrected chi connectivity index (χ0v) is 40.7. The van der Waals surface area contributed by atoms with E-state index in [9.17, 15) is 51.9 Å². The van der Waals surface area contributed by atoms with Crippen LogP contribution in [0.5, 0.6) is 0 Å². The average molecular weight is 835 g/mol. The van der Waals surface area contributed by atoms with Crippen molar-refractivity contribution in [2.75, 3.05) is 0 Å². The monoisotopic (exact) mass is 834 g/mol. The SMILES string of the molecule is CC(C(C)P(c1ccc[c-]c1S(=O)(=O)O)c1ccc[c-]c1S(=O)(=O)O)P(c1ccc[c-]c1S(=O)(=O)O)c1ccc[c-]c1S(=O)(=O)O.[Na+].[Na+].[Na+].[Na+]. The molecule has 0 aromatic heterocycles. The van der Waals surface area contributed by atoms with Gasteiger partial charge in [0, 0.05) is 0 Å². The molecule has 0 fully saturated rings. The van der Waals surface area contributed by atoms with Gasteiger partial charge in [-0.05, 0) is 30.9 Å². The van der Waals surface area contributed by atoms with Crippen molar-refractivity contribution < 1.29 is 170 Å². The van der Waals surface area contributed by atoms with Crippen LogP contribution >= 0.6 is 15.8 Å². The Hall–Kier alpha value is 1.38. The number of hydrogen-bond acceptors (Lipinski definition) is 8. The molecule has 0 amide bonds. The van der Waals surface area contributed by atoms with Crippen LogP contribution in [0.3, 0.4) is 0 Å². The second kappa shape index (κ2) is 20.5. The van der Waals surface area contributed by atoms with Gasteiger partial charge in [0.15, 0.2) is 0 Å². The summed E-state index contributed by atoms with van der Waals surface area (Å²) >= 11 is 0. The van der Waals surface area contributed by atoms with Gasteiger partial charge in [0.05, 0.1) is 0 Å². The van der Waals surface area contributed by atoms with E-state index in [1.54, 1.807) is 13.8 Å². The molecule has 0 saturated heterocycles. The fourth-order valence-corrected chi connectivity index (χ4v) is 15.6. The zero-order valence-electron chi connectivity index (χ0n) is 27.7. The van der Waals surface area contributed by atoms with Gasteiger partial charge in [-0.25, -0.2) is 0 Å². The van der Waals surface area contributed by atoms with E-state index < -0.39 is 87.2 Å². The summed E-state index contributed by atoms with van der Waals surface area (Å²) in [6.45, 7) is 3.12. The first-order chi connectivity index (χ1) is 21.2. The molecule has 2 unspecified atom stereocenters. The minimum Gasteiger partial charge on any atom is -0.283 e. The maximum absolute atomic E-state index is 12.5. The average Bonchev–Trinajstić information content (AvgIpc) is 2.96. The predicted octanol–water partition coefficient (Wildman–Crippen LogP) is -9.77. The van der Waals surface area contributed by atoms with E-state index in [-0.39, 0.29) is 139 Å². The number of hydrogen-bond donors (Lipinski definition) is 4. The van der Waals surface area contributed by atoms with Crippen LogP contribution in [0.1, 0.15) is 13.8 Å². The molecule has 2 atom stereocenters. The van der Waals surface area contributed by atoms with Gasteiger partial charge >= 0.3 is 118 Å². The summed E-state index contributed by atoms with van der Waals surface area (Å²) in [5.74, 6) is 0. The van der Waals surface area contributed by atoms with Gasteiger partial charge in [0.1, 0.15) is 0 Å². The third kappa shape index (κ3) is 12.2. The molecule has 0 bridgehead atoms. The van der Waals surface area contributed by atoms with Gasteiger partial charge in [-0.3, -0.25) is 18.2 Å². The van der Waals surface area contributed by atoms with Crippen molar-refractivity contribution in [2.45, 2.75) is 44.7 Å². The molecule has 0 aliphatic heterocycles. The molecule has 0 aliphatic rings. The smallest absolute Gasteiger partial charge is 0.283 e. The van der Waals surface area contributed by atoms with Crippen LogP contribution in [0.15, 0.2) is 92.4 Å². The van der Waals surface area contributed by atoms with Crippen LogP contribution in [0.2, 0.25) is 0 Å². The predicted molar refractivity (Wildman–Crippen MR) is 172 cm³/mol. The maximum Gasteiger partial charge on any atom is 1.00 e. The number of benzene rings is 4. The van der Waals surface area contributed by atoms with Crippen molar-refractivity contribution in [3.8, 4) is 0 Å². The van der Waals surface area contributed by atoms with Crippen molar-refractivity contribution in [1.82, 2.24) is 0 Å². The van der Waals surface area contributed by atoms with E-state index in [1.807, 2.05) is 0 Å². The molecular weight excluding hydrogens is 810 g/mol. The van der Waals surface area contributed by atoms with E-state index in [4.69, 9.17) is 0 Å². The fraction of sp³-hybridized carbons (Fsp3) is 0.143. The normalized spacial score (nSPS) is 13.2. The van der Waals surface area contributed by atoms with Crippen LogP contribution in [-0.4, -0.2) is 63.2 Å². The maximum atomic E-state index is 12.5. The third-order valence-corrected chi connectivity index (χ3v) is 17.1. The Labute approximate surface area is 383 Å². The molecule has 246 valence electrons. The summed E-state index contributed by atoms with van der Waals surface area (Å²) in [6.07, 6.45) is 0. The quantitative estimate of drug-likeness (QED) is 0.0480. The Morgan fingerprint density at radius 1 is 0.440 bits per heavy atom. The Bertz CT molecular complexity index is 1930. The van der Waals surface area contributed by atoms with Crippen molar-refractivity contribution in [3.05, 3.63) is 97.1 Å². The molecular formula is C28H24Na4O12P2S4. The fourth-order valence-electron chi connectivity index (χ4n) is 4.80. The summed E-state index contributed by atoms with van der Waals surface area (Å²) in [7, 11) is -24.4. The van der Waals surface area contributed by atoms with E-state index in [0.29, 0.717) is 0 Å². The first-order valence-corrected chi connectivity index (χ1v) is 21.3. The molecule has 12 nitrogen and oxygen atoms in total. The van der Waals surface area contributed by atoms with Crippen LogP contribution in [0.25, 0.3) is 0 Å². The van der Waals surface area contributed by atoms with Crippen LogP contribution in [0, 0.1) is 24.3 Å². The van der Waals surface area contributed by atoms with Crippen molar-refractivity contribution in [1.29, 1.82) is 0 Å². The van der Waals surface area contributed by atoms with Gasteiger partial charge in [-0.1, -0.05) is 13.8 Å². The summed E-state index contributed by atoms with van der Waals surface area (Å²) in [5, 5.41) is -0.378. The van der Waals surface area contributed by atoms with Gasteiger partial charge in [0.2, 0.25) is 0 Å². The Morgan fingerprint density at radius 3 is 0.780 bits per heavy atom. The molecule has 0 heterocycles. The summed E-state index contributed by atoms with van der Waals surface area (Å²) in [4.78, 5) is -2.75. The summed E-state index contributed by atoms with van der Waals surface area (Å²) in [6, 6.07) is 25.5. The Balaban J connectivity index is 0.00000600. The zero-order chi connectivity index (χ0) is 34.2. The largest absolute Gasteiger partial charge is 1.00 e. The van der Waals surface area contributed by atoms with Crippen LogP contribution in [0.4, 0.5) is 0 Å². The minimum absolute atomic E-state index is 0. The van der Waals surface area contributed by atoms with Gasteiger partial charge in [0.25, 0.3) is 40.5 Å². The van der Waals surface area contributed by atoms with Gasteiger partial charge < -0.3 is 0 Å². The van der Waals surface area contributed by atoms with Crippen LogP contribution < -0.4 is 139 Å². The summed E-state index contributed by atoms with van der Waals surface area (Å²) in [5.41, 5.74) is -1.87. The molecule has 4 aromatic rings. The first-order valence-electron chi connectivity index (χ1n) is 12.8. The molecule has 50 heavy (non-hydrogen) atoms. The molecule has 4 aromatic carbocycles. The molecule has 0 radical (unpaired) electrons. The second-order valence-corrected chi connectivity index (χ2v) is 20.1. The molecule has 0 saturated carbocycles. The van der Waals surface area contributed by atoms with E-state index in [2.05, 4.69) is 24.3 Å². The molecule has 4 N–H and O–H groups in total. The summed E-state index contributed by atoms with van der Waals surface area (Å²) < 4.78 is 141. The molecule has 0 spiro atoms. The van der Waals surface area contributed by atoms with Gasteiger partial charge in [-0.2, -0.15) is 147 Å². The molecule has 22 heteroatoms. The van der Waals surface area contributed by atoms with E-state index in [1.165, 1.54) is 72.8 Å². The molecule has 4 rings (SSSR count). The van der Waals surface area contributed by atoms with Crippen molar-refractivity contribution >= 4 is 77.5 Å². The Kier molecular flexibility index (Phi) is 21.1. The van der Waals surface area contributed by atoms with Crippen molar-refractivity contribution in [2.24, 2.45) is 0 Å². The topological polar surface area (TPSA) is 217 Å². The van der Waals surface area contributed by atoms with E-state index >= 15 is 0 Å². The number of rotatable bonds is 11. The second-order valence-electron chi connectivity index (χ2n) is 9.66. The standard InChI is InChI=1S/C28H24O12P2S4.4Na/c1-19(41(21-11-3-7-15-25(21)43(29,30)31)22-12-4-8-16-26(22)44(32,33)34)20(2)42(23-13-5-9-17-27(23)45(35,36)37)24-14-6-10-18-28(24)46(38,39)40;;;;/h3-14,19-20H,1-2H3,(H,29,30,31)(H,32,33,34)(H,35,36,37)(H,38,39,40);;;;/q-4;4*+1. The molecule has 0 aliphatic carbocycles. The minimum atomic E-state index is -4.96. The Morgan fingerprint density at radius 2 is 0.620 bits per heavy atom.